The summed E-state index contributed by atoms with van der Waals surface area (Å²) in [4.78, 5) is 10.6. The number of amides is 1. The molecule has 2 N–H and O–H groups in total. The van der Waals surface area contributed by atoms with Gasteiger partial charge in [-0.25, -0.2) is 12.7 Å². The van der Waals surface area contributed by atoms with Crippen molar-refractivity contribution in [2.75, 3.05) is 13.6 Å². The molecule has 0 aliphatic rings. The number of nitrogens with zero attached hydrogens (tertiary/aromatic N) is 1. The van der Waals surface area contributed by atoms with Crippen LogP contribution in [0.15, 0.2) is 0 Å². The van der Waals surface area contributed by atoms with Crippen LogP contribution in [0.2, 0.25) is 0 Å². The van der Waals surface area contributed by atoms with Crippen molar-refractivity contribution in [2.45, 2.75) is 24.8 Å². The summed E-state index contributed by atoms with van der Waals surface area (Å²) < 4.78 is 58.9. The smallest absolute Gasteiger partial charge is 0.369 e. The summed E-state index contributed by atoms with van der Waals surface area (Å²) >= 11 is 0. The standard InChI is InChI=1S/C7H13F3N2O3S/c1-5(6(11)13)16(14,15)12(2)4-3-7(8,9)10/h5H,3-4H2,1-2H3,(H2,11,13). The van der Waals surface area contributed by atoms with Gasteiger partial charge in [-0.2, -0.15) is 13.2 Å². The zero-order valence-corrected chi connectivity index (χ0v) is 9.60. The number of rotatable bonds is 5. The molecule has 0 aliphatic carbocycles. The Bertz CT molecular complexity index is 352. The van der Waals surface area contributed by atoms with Crippen LogP contribution in [0.5, 0.6) is 0 Å². The van der Waals surface area contributed by atoms with Crippen LogP contribution >= 0.6 is 0 Å². The number of primary amides is 1. The van der Waals surface area contributed by atoms with E-state index in [0.717, 1.165) is 14.0 Å². The second kappa shape index (κ2) is 5.00. The van der Waals surface area contributed by atoms with Crippen molar-refractivity contribution in [1.82, 2.24) is 4.31 Å². The number of alkyl halides is 3. The van der Waals surface area contributed by atoms with Gasteiger partial charge in [-0.05, 0) is 6.92 Å². The van der Waals surface area contributed by atoms with Crippen LogP contribution in [0, 0.1) is 0 Å². The van der Waals surface area contributed by atoms with E-state index in [4.69, 9.17) is 5.73 Å². The van der Waals surface area contributed by atoms with Crippen LogP contribution in [0.3, 0.4) is 0 Å². The molecule has 0 rings (SSSR count). The molecular weight excluding hydrogens is 249 g/mol. The Balaban J connectivity index is 4.61. The molecule has 0 aromatic carbocycles. The highest BCUT2D eigenvalue weighted by Crippen LogP contribution is 2.20. The second-order valence-corrected chi connectivity index (χ2v) is 5.64. The molecule has 0 aromatic rings. The number of hydrogen-bond donors (Lipinski definition) is 1. The van der Waals surface area contributed by atoms with E-state index in [-0.39, 0.29) is 0 Å². The molecule has 0 saturated heterocycles. The maximum atomic E-state index is 11.9. The summed E-state index contributed by atoms with van der Waals surface area (Å²) in [7, 11) is -3.13. The van der Waals surface area contributed by atoms with E-state index in [1.54, 1.807) is 0 Å². The molecule has 1 atom stereocenters. The van der Waals surface area contributed by atoms with Gasteiger partial charge in [-0.1, -0.05) is 0 Å². The average Bonchev–Trinajstić information content (AvgIpc) is 2.11. The number of carbonyl (C=O) groups excluding carboxylic acids is 1. The van der Waals surface area contributed by atoms with Gasteiger partial charge in [0.15, 0.2) is 5.25 Å². The summed E-state index contributed by atoms with van der Waals surface area (Å²) in [5, 5.41) is -1.54. The molecule has 16 heavy (non-hydrogen) atoms. The Morgan fingerprint density at radius 3 is 2.19 bits per heavy atom. The van der Waals surface area contributed by atoms with Crippen LogP contribution in [-0.4, -0.2) is 43.6 Å². The van der Waals surface area contributed by atoms with E-state index in [1.165, 1.54) is 0 Å². The Morgan fingerprint density at radius 1 is 1.44 bits per heavy atom. The highest BCUT2D eigenvalue weighted by Gasteiger charge is 2.33. The molecule has 9 heteroatoms. The van der Waals surface area contributed by atoms with E-state index in [2.05, 4.69) is 0 Å². The largest absolute Gasteiger partial charge is 0.390 e. The molecule has 0 aliphatic heterocycles. The van der Waals surface area contributed by atoms with E-state index in [1.807, 2.05) is 0 Å². The van der Waals surface area contributed by atoms with E-state index in [9.17, 15) is 26.4 Å². The maximum absolute atomic E-state index is 11.9. The van der Waals surface area contributed by atoms with Gasteiger partial charge in [0, 0.05) is 13.6 Å². The Hall–Kier alpha value is -0.830. The highest BCUT2D eigenvalue weighted by molar-refractivity contribution is 7.90. The molecule has 1 unspecified atom stereocenters. The van der Waals surface area contributed by atoms with E-state index >= 15 is 0 Å². The van der Waals surface area contributed by atoms with Crippen molar-refractivity contribution in [3.63, 3.8) is 0 Å². The van der Waals surface area contributed by atoms with Crippen LogP contribution in [0.1, 0.15) is 13.3 Å². The van der Waals surface area contributed by atoms with Gasteiger partial charge in [0.2, 0.25) is 15.9 Å². The summed E-state index contributed by atoms with van der Waals surface area (Å²) in [6.45, 7) is 0.297. The van der Waals surface area contributed by atoms with Crippen molar-refractivity contribution in [1.29, 1.82) is 0 Å². The zero-order chi connectivity index (χ0) is 13.1. The quantitative estimate of drug-likeness (QED) is 0.761. The van der Waals surface area contributed by atoms with Crippen LogP contribution < -0.4 is 5.73 Å². The van der Waals surface area contributed by atoms with Crippen molar-refractivity contribution in [3.8, 4) is 0 Å². The van der Waals surface area contributed by atoms with Crippen LogP contribution in [0.4, 0.5) is 13.2 Å². The predicted octanol–water partition coefficient (Wildman–Crippen LogP) is 0.0742. The average molecular weight is 262 g/mol. The number of halogens is 3. The third-order valence-corrected chi connectivity index (χ3v) is 4.17. The fraction of sp³-hybridized carbons (Fsp3) is 0.857. The van der Waals surface area contributed by atoms with Crippen LogP contribution in [0.25, 0.3) is 0 Å². The molecule has 1 amide bonds. The van der Waals surface area contributed by atoms with Gasteiger partial charge in [-0.15, -0.1) is 0 Å². The Labute approximate surface area is 91.4 Å². The lowest BCUT2D eigenvalue weighted by Gasteiger charge is -2.20. The second-order valence-electron chi connectivity index (χ2n) is 3.28. The van der Waals surface area contributed by atoms with Gasteiger partial charge in [0.05, 0.1) is 6.42 Å². The number of hydrogen-bond acceptors (Lipinski definition) is 3. The highest BCUT2D eigenvalue weighted by atomic mass is 32.2. The topological polar surface area (TPSA) is 80.5 Å². The third kappa shape index (κ3) is 4.35. The number of sulfonamides is 1. The first-order valence-electron chi connectivity index (χ1n) is 4.29. The van der Waals surface area contributed by atoms with Gasteiger partial charge in [0.25, 0.3) is 0 Å². The lowest BCUT2D eigenvalue weighted by molar-refractivity contribution is -0.135. The number of carbonyl (C=O) groups is 1. The molecule has 5 nitrogen and oxygen atoms in total. The molecule has 0 radical (unpaired) electrons. The lowest BCUT2D eigenvalue weighted by Crippen LogP contribution is -2.42. The molecule has 0 spiro atoms. The number of nitrogens with two attached hydrogens (primary N) is 1. The first-order valence-corrected chi connectivity index (χ1v) is 5.80. The van der Waals surface area contributed by atoms with Crippen molar-refractivity contribution >= 4 is 15.9 Å². The van der Waals surface area contributed by atoms with Gasteiger partial charge in [-0.3, -0.25) is 4.79 Å². The molecule has 0 bridgehead atoms. The summed E-state index contributed by atoms with van der Waals surface area (Å²) in [5.41, 5.74) is 4.77. The van der Waals surface area contributed by atoms with Gasteiger partial charge < -0.3 is 5.73 Å². The monoisotopic (exact) mass is 262 g/mol. The fourth-order valence-corrected chi connectivity index (χ4v) is 2.01. The lowest BCUT2D eigenvalue weighted by atomic mass is 10.4. The molecule has 0 fully saturated rings. The first-order chi connectivity index (χ1) is 6.98. The SMILES string of the molecule is CC(C(N)=O)S(=O)(=O)N(C)CCC(F)(F)F. The summed E-state index contributed by atoms with van der Waals surface area (Å²) in [5.74, 6) is -1.10. The summed E-state index contributed by atoms with van der Waals surface area (Å²) in [6.07, 6.45) is -5.71. The fourth-order valence-electron chi connectivity index (χ4n) is 0.828. The minimum atomic E-state index is -4.44. The van der Waals surface area contributed by atoms with Crippen molar-refractivity contribution < 1.29 is 26.4 Å². The maximum Gasteiger partial charge on any atom is 0.390 e. The molecular formula is C7H13F3N2O3S. The van der Waals surface area contributed by atoms with Gasteiger partial charge in [0.1, 0.15) is 0 Å². The van der Waals surface area contributed by atoms with E-state index in [0.29, 0.717) is 4.31 Å². The normalized spacial score (nSPS) is 15.1. The molecule has 0 aromatic heterocycles. The Morgan fingerprint density at radius 2 is 1.88 bits per heavy atom. The summed E-state index contributed by atoms with van der Waals surface area (Å²) in [6, 6.07) is 0. The predicted molar refractivity (Wildman–Crippen MR) is 50.9 cm³/mol. The van der Waals surface area contributed by atoms with Gasteiger partial charge >= 0.3 is 6.18 Å². The molecule has 0 heterocycles. The van der Waals surface area contributed by atoms with Crippen molar-refractivity contribution in [3.05, 3.63) is 0 Å². The third-order valence-electron chi connectivity index (χ3n) is 1.99. The zero-order valence-electron chi connectivity index (χ0n) is 8.78. The molecule has 96 valence electrons. The minimum absolute atomic E-state index is 0.482. The van der Waals surface area contributed by atoms with E-state index < -0.39 is 40.3 Å². The molecule has 0 saturated carbocycles. The minimum Gasteiger partial charge on any atom is -0.369 e. The first kappa shape index (κ1) is 15.2. The van der Waals surface area contributed by atoms with Crippen LogP contribution in [-0.2, 0) is 14.8 Å². The van der Waals surface area contributed by atoms with Crippen molar-refractivity contribution in [2.24, 2.45) is 5.73 Å². The Kier molecular flexibility index (Phi) is 4.74.